The van der Waals surface area contributed by atoms with Gasteiger partial charge in [0, 0.05) is 17.1 Å². The van der Waals surface area contributed by atoms with Gasteiger partial charge in [0.25, 0.3) is 0 Å². The van der Waals surface area contributed by atoms with Crippen molar-refractivity contribution >= 4 is 22.6 Å². The highest BCUT2D eigenvalue weighted by Gasteiger charge is 2.13. The summed E-state index contributed by atoms with van der Waals surface area (Å²) in [6.07, 6.45) is 0. The molecule has 0 fully saturated rings. The molecule has 0 spiro atoms. The fraction of sp³-hybridized carbons (Fsp3) is 0. The highest BCUT2D eigenvalue weighted by Crippen LogP contribution is 2.34. The molecule has 0 aromatic heterocycles. The molecule has 0 aliphatic carbocycles. The fourth-order valence-corrected chi connectivity index (χ4v) is 2.78. The largest absolute Gasteiger partial charge is 0.311 e. The summed E-state index contributed by atoms with van der Waals surface area (Å²) in [5, 5.41) is 27.4. The zero-order valence-corrected chi connectivity index (χ0v) is 14.4. The molecule has 0 atom stereocenters. The standard InChI is InChI=1S/C23H14N4/c24-15-19(16-25)23(17-26)18-11-13-22(14-12-18)27(20-7-3-1-4-8-20)21-9-5-2-6-10-21/h1-14H. The Balaban J connectivity index is 2.08. The Morgan fingerprint density at radius 3 is 1.41 bits per heavy atom. The number of hydrogen-bond donors (Lipinski definition) is 0. The van der Waals surface area contributed by atoms with Crippen molar-refractivity contribution in [2.45, 2.75) is 0 Å². The van der Waals surface area contributed by atoms with Gasteiger partial charge in [-0.25, -0.2) is 0 Å². The van der Waals surface area contributed by atoms with Gasteiger partial charge in [-0.1, -0.05) is 48.5 Å². The number of rotatable bonds is 4. The quantitative estimate of drug-likeness (QED) is 0.586. The molecule has 3 aromatic rings. The van der Waals surface area contributed by atoms with E-state index in [1.54, 1.807) is 24.3 Å². The molecule has 0 unspecified atom stereocenters. The van der Waals surface area contributed by atoms with E-state index in [0.29, 0.717) is 5.56 Å². The number of nitriles is 3. The summed E-state index contributed by atoms with van der Waals surface area (Å²) in [7, 11) is 0. The third-order valence-corrected chi connectivity index (χ3v) is 4.03. The molecule has 0 heterocycles. The van der Waals surface area contributed by atoms with E-state index in [0.717, 1.165) is 17.1 Å². The van der Waals surface area contributed by atoms with Crippen molar-refractivity contribution in [3.8, 4) is 18.2 Å². The van der Waals surface area contributed by atoms with E-state index in [1.807, 2.05) is 78.9 Å². The molecule has 0 bridgehead atoms. The molecule has 0 saturated carbocycles. The highest BCUT2D eigenvalue weighted by atomic mass is 15.1. The predicted molar refractivity (Wildman–Crippen MR) is 105 cm³/mol. The molecule has 27 heavy (non-hydrogen) atoms. The fourth-order valence-electron chi connectivity index (χ4n) is 2.78. The van der Waals surface area contributed by atoms with Crippen molar-refractivity contribution in [1.82, 2.24) is 0 Å². The summed E-state index contributed by atoms with van der Waals surface area (Å²) in [6, 6.07) is 32.7. The Morgan fingerprint density at radius 1 is 0.556 bits per heavy atom. The minimum Gasteiger partial charge on any atom is -0.311 e. The maximum absolute atomic E-state index is 9.33. The topological polar surface area (TPSA) is 74.6 Å². The zero-order valence-electron chi connectivity index (χ0n) is 14.4. The van der Waals surface area contributed by atoms with Gasteiger partial charge in [0.15, 0.2) is 0 Å². The van der Waals surface area contributed by atoms with E-state index in [1.165, 1.54) is 0 Å². The number of benzene rings is 3. The first-order valence-corrected chi connectivity index (χ1v) is 8.23. The van der Waals surface area contributed by atoms with Crippen LogP contribution in [0, 0.1) is 34.0 Å². The molecular weight excluding hydrogens is 332 g/mol. The number of nitrogens with zero attached hydrogens (tertiary/aromatic N) is 4. The Labute approximate surface area is 158 Å². The minimum atomic E-state index is -0.187. The molecule has 0 aliphatic rings. The summed E-state index contributed by atoms with van der Waals surface area (Å²) in [6.45, 7) is 0. The van der Waals surface area contributed by atoms with Crippen molar-refractivity contribution in [2.24, 2.45) is 0 Å². The second-order valence-electron chi connectivity index (χ2n) is 5.64. The second-order valence-corrected chi connectivity index (χ2v) is 5.64. The molecule has 0 N–H and O–H groups in total. The van der Waals surface area contributed by atoms with Crippen LogP contribution in [0.3, 0.4) is 0 Å². The Morgan fingerprint density at radius 2 is 1.00 bits per heavy atom. The summed E-state index contributed by atoms with van der Waals surface area (Å²) in [5.74, 6) is 0. The average molecular weight is 346 g/mol. The van der Waals surface area contributed by atoms with Crippen molar-refractivity contribution in [3.63, 3.8) is 0 Å². The Kier molecular flexibility index (Phi) is 5.29. The summed E-state index contributed by atoms with van der Waals surface area (Å²) >= 11 is 0. The van der Waals surface area contributed by atoms with Crippen LogP contribution in [0.4, 0.5) is 17.1 Å². The van der Waals surface area contributed by atoms with Gasteiger partial charge in [-0.15, -0.1) is 0 Å². The Bertz CT molecular complexity index is 1020. The van der Waals surface area contributed by atoms with Crippen LogP contribution in [0.2, 0.25) is 0 Å². The van der Waals surface area contributed by atoms with Gasteiger partial charge in [0.1, 0.15) is 23.8 Å². The third kappa shape index (κ3) is 3.69. The molecule has 4 nitrogen and oxygen atoms in total. The molecule has 3 rings (SSSR count). The summed E-state index contributed by atoms with van der Waals surface area (Å²) < 4.78 is 0. The van der Waals surface area contributed by atoms with Gasteiger partial charge in [-0.05, 0) is 42.0 Å². The molecule has 4 heteroatoms. The number of hydrogen-bond acceptors (Lipinski definition) is 4. The predicted octanol–water partition coefficient (Wildman–Crippen LogP) is 5.48. The van der Waals surface area contributed by atoms with Gasteiger partial charge < -0.3 is 4.90 Å². The molecule has 0 aliphatic heterocycles. The lowest BCUT2D eigenvalue weighted by Gasteiger charge is -2.25. The molecular formula is C23H14N4. The van der Waals surface area contributed by atoms with Gasteiger partial charge in [-0.3, -0.25) is 0 Å². The first-order valence-electron chi connectivity index (χ1n) is 8.23. The molecule has 0 saturated heterocycles. The second kappa shape index (κ2) is 8.17. The monoisotopic (exact) mass is 346 g/mol. The van der Waals surface area contributed by atoms with Crippen LogP contribution in [0.1, 0.15) is 5.56 Å². The lowest BCUT2D eigenvalue weighted by atomic mass is 10.0. The lowest BCUT2D eigenvalue weighted by Crippen LogP contribution is -2.09. The van der Waals surface area contributed by atoms with Crippen molar-refractivity contribution in [1.29, 1.82) is 15.8 Å². The van der Waals surface area contributed by atoms with E-state index in [-0.39, 0.29) is 11.1 Å². The zero-order chi connectivity index (χ0) is 19.1. The maximum Gasteiger partial charge on any atom is 0.148 e. The average Bonchev–Trinajstić information content (AvgIpc) is 2.74. The third-order valence-electron chi connectivity index (χ3n) is 4.03. The van der Waals surface area contributed by atoms with Crippen LogP contribution in [-0.2, 0) is 0 Å². The smallest absolute Gasteiger partial charge is 0.148 e. The number of allylic oxidation sites excluding steroid dienone is 2. The van der Waals surface area contributed by atoms with Crippen molar-refractivity contribution < 1.29 is 0 Å². The van der Waals surface area contributed by atoms with Crippen LogP contribution in [0.15, 0.2) is 90.5 Å². The maximum atomic E-state index is 9.33. The van der Waals surface area contributed by atoms with Gasteiger partial charge in [0.05, 0.1) is 5.57 Å². The van der Waals surface area contributed by atoms with Gasteiger partial charge in [-0.2, -0.15) is 15.8 Å². The number of anilines is 3. The molecule has 3 aromatic carbocycles. The van der Waals surface area contributed by atoms with E-state index < -0.39 is 0 Å². The molecule has 126 valence electrons. The van der Waals surface area contributed by atoms with Crippen molar-refractivity contribution in [3.05, 3.63) is 96.1 Å². The first-order chi connectivity index (χ1) is 13.3. The lowest BCUT2D eigenvalue weighted by molar-refractivity contribution is 1.28. The minimum absolute atomic E-state index is 0.0810. The summed E-state index contributed by atoms with van der Waals surface area (Å²) in [5.41, 5.74) is 3.35. The molecule has 0 amide bonds. The van der Waals surface area contributed by atoms with Crippen molar-refractivity contribution in [2.75, 3.05) is 4.90 Å². The van der Waals surface area contributed by atoms with Crippen LogP contribution < -0.4 is 4.90 Å². The van der Waals surface area contributed by atoms with E-state index >= 15 is 0 Å². The first kappa shape index (κ1) is 17.5. The van der Waals surface area contributed by atoms with Crippen LogP contribution in [-0.4, -0.2) is 0 Å². The van der Waals surface area contributed by atoms with Gasteiger partial charge in [0.2, 0.25) is 0 Å². The highest BCUT2D eigenvalue weighted by molar-refractivity contribution is 5.85. The van der Waals surface area contributed by atoms with Crippen LogP contribution in [0.25, 0.3) is 5.57 Å². The normalized spacial score (nSPS) is 9.37. The van der Waals surface area contributed by atoms with Crippen LogP contribution in [0.5, 0.6) is 0 Å². The van der Waals surface area contributed by atoms with E-state index in [9.17, 15) is 5.26 Å². The molecule has 0 radical (unpaired) electrons. The SMILES string of the molecule is N#CC(C#N)=C(C#N)c1ccc(N(c2ccccc2)c2ccccc2)cc1. The summed E-state index contributed by atoms with van der Waals surface area (Å²) in [4.78, 5) is 2.09. The van der Waals surface area contributed by atoms with E-state index in [2.05, 4.69) is 4.90 Å². The Hall–Kier alpha value is -4.33. The van der Waals surface area contributed by atoms with Crippen LogP contribution >= 0.6 is 0 Å². The van der Waals surface area contributed by atoms with Gasteiger partial charge >= 0.3 is 0 Å². The van der Waals surface area contributed by atoms with E-state index in [4.69, 9.17) is 10.5 Å². The number of para-hydroxylation sites is 2.